The maximum absolute atomic E-state index is 11.9. The third kappa shape index (κ3) is 44.5. The number of nitrogens with zero attached hydrogens (tertiary/aromatic N) is 21. The van der Waals surface area contributed by atoms with Crippen LogP contribution in [0.1, 0.15) is 57.0 Å². The largest absolute Gasteiger partial charge is 0.455 e. The van der Waals surface area contributed by atoms with E-state index >= 15 is 0 Å². The first-order chi connectivity index (χ1) is 55.3. The first kappa shape index (κ1) is 96.8. The second kappa shape index (κ2) is 59.6. The lowest BCUT2D eigenvalue weighted by atomic mass is 10.1. The molecule has 36 heteroatoms. The van der Waals surface area contributed by atoms with Gasteiger partial charge >= 0.3 is 5.97 Å². The van der Waals surface area contributed by atoms with Crippen molar-refractivity contribution in [3.05, 3.63) is 220 Å². The number of carbonyl (C=O) groups is 1. The minimum atomic E-state index is -0.408. The molecule has 620 valence electrons. The molecule has 5 aromatic heterocycles. The van der Waals surface area contributed by atoms with Crippen molar-refractivity contribution in [2.75, 3.05) is 161 Å². The molecule has 0 saturated carbocycles. The Kier molecular flexibility index (Phi) is 50.6. The first-order valence-electron chi connectivity index (χ1n) is 37.6. The van der Waals surface area contributed by atoms with E-state index in [1.165, 1.54) is 40.1 Å². The summed E-state index contributed by atoms with van der Waals surface area (Å²) in [6.45, 7) is 13.8. The zero-order valence-electron chi connectivity index (χ0n) is 67.7. The van der Waals surface area contributed by atoms with Crippen LogP contribution in [0.15, 0.2) is 171 Å². The van der Waals surface area contributed by atoms with Gasteiger partial charge in [-0.25, -0.2) is 4.79 Å². The molecule has 0 unspecified atom stereocenters. The van der Waals surface area contributed by atoms with E-state index in [0.717, 1.165) is 178 Å². The van der Waals surface area contributed by atoms with Crippen molar-refractivity contribution in [3.63, 3.8) is 0 Å². The Bertz CT molecular complexity index is 4100. The molecule has 26 nitrogen and oxygen atoms in total. The number of nitrogens with one attached hydrogen (secondary N) is 1. The molecule has 1 N–H and O–H groups in total. The molecule has 0 bridgehead atoms. The van der Waals surface area contributed by atoms with Crippen LogP contribution < -0.4 is 5.32 Å². The van der Waals surface area contributed by atoms with Crippen molar-refractivity contribution in [3.8, 4) is 22.5 Å². The number of aromatic nitrogens is 15. The van der Waals surface area contributed by atoms with Gasteiger partial charge in [-0.1, -0.05) is 237 Å². The highest BCUT2D eigenvalue weighted by molar-refractivity contribution is 8.77. The molecule has 0 aliphatic heterocycles. The number of hydrogen-bond donors (Lipinski definition) is 1. The minimum Gasteiger partial charge on any atom is -0.455 e. The molecule has 0 aliphatic carbocycles. The second-order valence-corrected chi connectivity index (χ2v) is 40.4. The molecule has 114 heavy (non-hydrogen) atoms. The molecular weight excluding hydrogens is 1630 g/mol. The Labute approximate surface area is 714 Å². The molecule has 5 heterocycles. The van der Waals surface area contributed by atoms with E-state index in [-0.39, 0.29) is 18.3 Å². The van der Waals surface area contributed by atoms with Crippen molar-refractivity contribution >= 4 is 120 Å². The second-order valence-electron chi connectivity index (χ2n) is 26.9. The molecule has 10 aromatic rings. The molecule has 0 aliphatic rings. The molecular formula is C78H114N22O4S10. The van der Waals surface area contributed by atoms with Crippen LogP contribution in [0.2, 0.25) is 0 Å². The molecule has 0 atom stereocenters. The average molecular weight is 1740 g/mol. The predicted octanol–water partition coefficient (Wildman–Crippen LogP) is 14.7. The van der Waals surface area contributed by atoms with Crippen molar-refractivity contribution in [2.45, 2.75) is 78.6 Å². The van der Waals surface area contributed by atoms with Gasteiger partial charge in [0.1, 0.15) is 23.7 Å². The zero-order chi connectivity index (χ0) is 81.6. The lowest BCUT2D eigenvalue weighted by Crippen LogP contribution is -2.14. The molecule has 0 fully saturated rings. The molecule has 0 radical (unpaired) electrons. The number of aryl methyl sites for hydroxylation is 6. The maximum Gasteiger partial charge on any atom is 0.338 e. The quantitative estimate of drug-likeness (QED) is 0.0122. The van der Waals surface area contributed by atoms with Crippen LogP contribution in [0.3, 0.4) is 0 Å². The highest BCUT2D eigenvalue weighted by atomic mass is 33.1. The van der Waals surface area contributed by atoms with Crippen LogP contribution in [-0.4, -0.2) is 271 Å². The maximum atomic E-state index is 11.9. The fourth-order valence-corrected chi connectivity index (χ4v) is 20.1. The lowest BCUT2D eigenvalue weighted by Gasteiger charge is -2.07. The van der Waals surface area contributed by atoms with Gasteiger partial charge in [-0.05, 0) is 131 Å². The Balaban J connectivity index is 0.000000222. The van der Waals surface area contributed by atoms with E-state index in [9.17, 15) is 14.9 Å². The number of hydrogen-bond acceptors (Lipinski definition) is 30. The van der Waals surface area contributed by atoms with Gasteiger partial charge in [0, 0.05) is 159 Å². The zero-order valence-corrected chi connectivity index (χ0v) is 75.8. The van der Waals surface area contributed by atoms with Crippen LogP contribution in [0.4, 0.5) is 5.69 Å². The highest BCUT2D eigenvalue weighted by Crippen LogP contribution is 2.27. The fraction of sp³-hybridized carbons (Fsp3) is 0.474. The Morgan fingerprint density at radius 2 is 0.781 bits per heavy atom. The number of carbonyl (C=O) groups excluding carboxylic acids is 1. The summed E-state index contributed by atoms with van der Waals surface area (Å²) in [7, 11) is 40.0. The normalized spacial score (nSPS) is 11.2. The molecule has 0 saturated heterocycles. The van der Waals surface area contributed by atoms with E-state index < -0.39 is 4.92 Å². The van der Waals surface area contributed by atoms with Gasteiger partial charge in [-0.2, -0.15) is 0 Å². The van der Waals surface area contributed by atoms with Crippen LogP contribution >= 0.6 is 108 Å². The number of nitro groups is 1. The Hall–Kier alpha value is -6.07. The van der Waals surface area contributed by atoms with Gasteiger partial charge in [0.05, 0.1) is 60.1 Å². The van der Waals surface area contributed by atoms with Crippen molar-refractivity contribution < 1.29 is 14.5 Å². The molecule has 5 aromatic carbocycles. The van der Waals surface area contributed by atoms with Crippen LogP contribution in [0.5, 0.6) is 0 Å². The number of esters is 1. The van der Waals surface area contributed by atoms with E-state index in [1.807, 2.05) is 176 Å². The van der Waals surface area contributed by atoms with Crippen molar-refractivity contribution in [1.29, 1.82) is 0 Å². The summed E-state index contributed by atoms with van der Waals surface area (Å²) in [4.78, 5) is 33.1. The van der Waals surface area contributed by atoms with E-state index in [1.54, 1.807) is 41.1 Å². The van der Waals surface area contributed by atoms with E-state index in [4.69, 9.17) is 4.74 Å². The smallest absolute Gasteiger partial charge is 0.338 e. The average Bonchev–Trinajstić information content (AvgIpc) is 1.69. The highest BCUT2D eigenvalue weighted by Gasteiger charge is 2.13. The summed E-state index contributed by atoms with van der Waals surface area (Å²) in [5.74, 6) is 10.7. The monoisotopic (exact) mass is 1740 g/mol. The summed E-state index contributed by atoms with van der Waals surface area (Å²) in [5.41, 5.74) is 10.8. The summed E-state index contributed by atoms with van der Waals surface area (Å²) in [6, 6.07) is 44.4. The van der Waals surface area contributed by atoms with Gasteiger partial charge < -0.3 is 34.6 Å². The number of nitro benzene ring substituents is 1. The first-order valence-corrected chi connectivity index (χ1v) is 50.0. The molecule has 0 amide bonds. The van der Waals surface area contributed by atoms with Crippen LogP contribution in [0.25, 0.3) is 22.5 Å². The van der Waals surface area contributed by atoms with Gasteiger partial charge in [0.25, 0.3) is 5.69 Å². The Morgan fingerprint density at radius 3 is 1.25 bits per heavy atom. The predicted molar refractivity (Wildman–Crippen MR) is 491 cm³/mol. The van der Waals surface area contributed by atoms with E-state index in [0.29, 0.717) is 11.3 Å². The van der Waals surface area contributed by atoms with Gasteiger partial charge in [0.2, 0.25) is 0 Å². The number of ether oxygens (including phenoxy) is 1. The van der Waals surface area contributed by atoms with Gasteiger partial charge in [-0.3, -0.25) is 33.5 Å². The van der Waals surface area contributed by atoms with Gasteiger partial charge in [-0.15, -0.1) is 25.5 Å². The number of rotatable bonds is 49. The fourth-order valence-electron chi connectivity index (χ4n) is 9.44. The third-order valence-corrected chi connectivity index (χ3v) is 27.7. The van der Waals surface area contributed by atoms with Crippen molar-refractivity contribution in [2.24, 2.45) is 0 Å². The SMILES string of the molecule is CN(C)CCSSCCCn1cc(-c2ccc([N+](=O)[O-])cc2)nn1.CN(C)CCSSCCn1cc(CNCc2ccccc2)nn1.CN(C)CCSSCCn1cc(COC(=O)c2ccccc2)nn1.CN(C)CCSSCCn1cc(Cc2ccccc2)nn1.Cc1ccccc1-c1cn(CCCSSCCN(C)C)nn1. The summed E-state index contributed by atoms with van der Waals surface area (Å²) in [5, 5.41) is 55.8. The van der Waals surface area contributed by atoms with Crippen molar-refractivity contribution in [1.82, 2.24) is 105 Å². The van der Waals surface area contributed by atoms with Gasteiger partial charge in [0.15, 0.2) is 0 Å². The van der Waals surface area contributed by atoms with Crippen LogP contribution in [0, 0.1) is 17.0 Å². The van der Waals surface area contributed by atoms with E-state index in [2.05, 4.69) is 232 Å². The lowest BCUT2D eigenvalue weighted by molar-refractivity contribution is -0.384. The van der Waals surface area contributed by atoms with Crippen LogP contribution in [-0.2, 0) is 63.6 Å². The molecule has 10 rings (SSSR count). The molecule has 0 spiro atoms. The third-order valence-electron chi connectivity index (χ3n) is 15.7. The summed E-state index contributed by atoms with van der Waals surface area (Å²) < 4.78 is 14.7. The summed E-state index contributed by atoms with van der Waals surface area (Å²) >= 11 is 0. The standard InChI is InChI=1S/C16H25N5S2.C16H22N4O2S2.C16H24N4S2.C15H21N5O2S2.C15H22N4S2/c1-20(2)8-10-22-23-11-9-21-14-16(18-19-21)13-17-12-15-6-4-3-5-7-15;1-19(2)8-10-23-24-11-9-20-12-15(17-18-20)13-22-16(21)14-6-4-3-5-7-14;1-14-7-4-5-8-15(14)16-13-20(18-17-16)9-6-11-21-22-12-10-19(2)3;1-18(2)9-11-24-23-10-3-8-19-12-15(16-17-19)13-4-6-14(7-5-13)20(21)22;1-18(2)8-10-20-21-11-9-19-13-15(16-17-19)12-14-6-4-3-5-7-14/h3-7,14,17H,8-13H2,1-2H3;3-7,12H,8-11,13H2,1-2H3;4-5,7-8,13H,6,9-12H2,1-3H3;4-7,12H,3,8-11H2,1-2H3;3-7,13H,8-12H2,1-2H3. The number of non-ortho nitro benzene ring substituents is 1. The topological polar surface area (TPSA) is 251 Å². The Morgan fingerprint density at radius 1 is 0.404 bits per heavy atom. The number of benzene rings is 5. The summed E-state index contributed by atoms with van der Waals surface area (Å²) in [6.07, 6.45) is 12.8. The minimum absolute atomic E-state index is 0.0786.